The number of hydrogen-bond donors (Lipinski definition) is 2. The third-order valence-electron chi connectivity index (χ3n) is 5.01. The van der Waals surface area contributed by atoms with E-state index in [0.29, 0.717) is 44.8 Å². The highest BCUT2D eigenvalue weighted by atomic mass is 16.2. The van der Waals surface area contributed by atoms with E-state index in [0.717, 1.165) is 5.82 Å². The smallest absolute Gasteiger partial charge is 0.315 e. The van der Waals surface area contributed by atoms with Crippen molar-refractivity contribution in [3.05, 3.63) is 11.6 Å². The van der Waals surface area contributed by atoms with Gasteiger partial charge in [0.05, 0.1) is 6.54 Å². The molecule has 10 heteroatoms. The quantitative estimate of drug-likeness (QED) is 0.756. The lowest BCUT2D eigenvalue weighted by molar-refractivity contribution is -0.140. The number of hydrogen-bond acceptors (Lipinski definition) is 5. The maximum Gasteiger partial charge on any atom is 0.315 e. The van der Waals surface area contributed by atoms with Crippen LogP contribution in [0.15, 0.2) is 0 Å². The number of aryl methyl sites for hydroxylation is 1. The Bertz CT molecular complexity index is 760. The molecule has 2 aliphatic heterocycles. The second kappa shape index (κ2) is 7.76. The number of carbonyl (C=O) groups excluding carboxylic acids is 3. The van der Waals surface area contributed by atoms with Gasteiger partial charge in [0.15, 0.2) is 5.82 Å². The number of urea groups is 1. The lowest BCUT2D eigenvalue weighted by Gasteiger charge is -2.35. The molecule has 2 N–H and O–H groups in total. The minimum Gasteiger partial charge on any atom is -0.339 e. The molecule has 0 saturated carbocycles. The Morgan fingerprint density at radius 3 is 2.32 bits per heavy atom. The lowest BCUT2D eigenvalue weighted by Crippen LogP contribution is -2.51. The number of nitrogens with one attached hydrogen (secondary N) is 2. The fraction of sp³-hybridized carbons (Fsp3) is 0.722. The minimum atomic E-state index is -0.351. The Morgan fingerprint density at radius 1 is 1.07 bits per heavy atom. The highest BCUT2D eigenvalue weighted by Gasteiger charge is 2.36. The predicted octanol–water partition coefficient (Wildman–Crippen LogP) is 0.0538. The van der Waals surface area contributed by atoms with Crippen molar-refractivity contribution >= 4 is 17.8 Å². The van der Waals surface area contributed by atoms with Gasteiger partial charge in [0.2, 0.25) is 11.8 Å². The highest BCUT2D eigenvalue weighted by molar-refractivity contribution is 5.81. The molecule has 28 heavy (non-hydrogen) atoms. The predicted molar refractivity (Wildman–Crippen MR) is 101 cm³/mol. The maximum absolute atomic E-state index is 13.1. The van der Waals surface area contributed by atoms with Gasteiger partial charge < -0.3 is 25.0 Å². The molecule has 1 saturated heterocycles. The Morgan fingerprint density at radius 2 is 1.71 bits per heavy atom. The van der Waals surface area contributed by atoms with Crippen LogP contribution in [-0.4, -0.2) is 74.1 Å². The van der Waals surface area contributed by atoms with Crippen molar-refractivity contribution in [3.8, 4) is 0 Å². The summed E-state index contributed by atoms with van der Waals surface area (Å²) in [6.07, 6.45) is 1.36. The molecular weight excluding hydrogens is 362 g/mol. The van der Waals surface area contributed by atoms with E-state index in [1.165, 1.54) is 0 Å². The summed E-state index contributed by atoms with van der Waals surface area (Å²) in [4.78, 5) is 40.1. The number of aromatic nitrogens is 3. The van der Waals surface area contributed by atoms with Crippen molar-refractivity contribution in [3.63, 3.8) is 0 Å². The van der Waals surface area contributed by atoms with Crippen LogP contribution in [0.25, 0.3) is 0 Å². The van der Waals surface area contributed by atoms with Gasteiger partial charge in [0, 0.05) is 45.1 Å². The van der Waals surface area contributed by atoms with Crippen LogP contribution in [0.3, 0.4) is 0 Å². The van der Waals surface area contributed by atoms with Crippen molar-refractivity contribution in [2.45, 2.75) is 58.7 Å². The molecule has 1 aromatic heterocycles. The van der Waals surface area contributed by atoms with E-state index in [9.17, 15) is 14.4 Å². The van der Waals surface area contributed by atoms with Gasteiger partial charge >= 0.3 is 6.03 Å². The molecule has 1 fully saturated rings. The highest BCUT2D eigenvalue weighted by Crippen LogP contribution is 2.28. The van der Waals surface area contributed by atoms with Crippen molar-refractivity contribution in [1.29, 1.82) is 0 Å². The van der Waals surface area contributed by atoms with Crippen LogP contribution in [-0.2, 0) is 22.6 Å². The maximum atomic E-state index is 13.1. The SMILES string of the molecule is CC(=O)N1CCN(C(=O)C2CCc3nnc(CNC(=O)NC(C)(C)C)n32)CC1. The second-order valence-electron chi connectivity index (χ2n) is 8.35. The number of carbonyl (C=O) groups is 3. The fourth-order valence-electron chi connectivity index (χ4n) is 3.64. The first-order valence-corrected chi connectivity index (χ1v) is 9.68. The van der Waals surface area contributed by atoms with Crippen molar-refractivity contribution < 1.29 is 14.4 Å². The first-order valence-electron chi connectivity index (χ1n) is 9.68. The van der Waals surface area contributed by atoms with Gasteiger partial charge in [-0.15, -0.1) is 10.2 Å². The normalized spacial score (nSPS) is 19.4. The molecule has 10 nitrogen and oxygen atoms in total. The molecule has 4 amide bonds. The Balaban J connectivity index is 1.63. The van der Waals surface area contributed by atoms with Gasteiger partial charge in [-0.25, -0.2) is 4.79 Å². The van der Waals surface area contributed by atoms with Crippen LogP contribution in [0, 0.1) is 0 Å². The third kappa shape index (κ3) is 4.42. The number of fused-ring (bicyclic) bond motifs is 1. The molecule has 1 atom stereocenters. The summed E-state index contributed by atoms with van der Waals surface area (Å²) < 4.78 is 1.86. The molecule has 3 rings (SSSR count). The molecule has 2 aliphatic rings. The molecule has 0 bridgehead atoms. The van der Waals surface area contributed by atoms with Crippen LogP contribution in [0.4, 0.5) is 4.79 Å². The molecule has 3 heterocycles. The largest absolute Gasteiger partial charge is 0.339 e. The van der Waals surface area contributed by atoms with Gasteiger partial charge in [-0.3, -0.25) is 9.59 Å². The molecule has 154 valence electrons. The number of piperazine rings is 1. The van der Waals surface area contributed by atoms with E-state index in [1.54, 1.807) is 11.8 Å². The summed E-state index contributed by atoms with van der Waals surface area (Å²) in [6, 6.07) is -0.637. The first kappa shape index (κ1) is 20.1. The average Bonchev–Trinajstić information content (AvgIpc) is 3.20. The second-order valence-corrected chi connectivity index (χ2v) is 8.35. The van der Waals surface area contributed by atoms with Crippen LogP contribution in [0.1, 0.15) is 51.8 Å². The van der Waals surface area contributed by atoms with Gasteiger partial charge in [-0.2, -0.15) is 0 Å². The monoisotopic (exact) mass is 391 g/mol. The van der Waals surface area contributed by atoms with Gasteiger partial charge in [0.25, 0.3) is 0 Å². The van der Waals surface area contributed by atoms with Crippen molar-refractivity contribution in [2.24, 2.45) is 0 Å². The number of rotatable bonds is 3. The third-order valence-corrected chi connectivity index (χ3v) is 5.01. The van der Waals surface area contributed by atoms with Crippen LogP contribution in [0.5, 0.6) is 0 Å². The molecule has 1 unspecified atom stereocenters. The van der Waals surface area contributed by atoms with Crippen molar-refractivity contribution in [2.75, 3.05) is 26.2 Å². The molecule has 0 aliphatic carbocycles. The Labute approximate surface area is 164 Å². The van der Waals surface area contributed by atoms with Gasteiger partial charge in [-0.1, -0.05) is 0 Å². The van der Waals surface area contributed by atoms with E-state index >= 15 is 0 Å². The molecule has 0 spiro atoms. The first-order chi connectivity index (χ1) is 13.2. The average molecular weight is 391 g/mol. The van der Waals surface area contributed by atoms with E-state index in [2.05, 4.69) is 20.8 Å². The zero-order valence-corrected chi connectivity index (χ0v) is 17.0. The van der Waals surface area contributed by atoms with Crippen molar-refractivity contribution in [1.82, 2.24) is 35.2 Å². The molecule has 0 aromatic carbocycles. The summed E-state index contributed by atoms with van der Waals surface area (Å²) in [5, 5.41) is 14.0. The summed E-state index contributed by atoms with van der Waals surface area (Å²) in [7, 11) is 0. The number of nitrogens with zero attached hydrogens (tertiary/aromatic N) is 5. The summed E-state index contributed by atoms with van der Waals surface area (Å²) >= 11 is 0. The summed E-state index contributed by atoms with van der Waals surface area (Å²) in [5.41, 5.74) is -0.336. The summed E-state index contributed by atoms with van der Waals surface area (Å²) in [6.45, 7) is 9.66. The topological polar surface area (TPSA) is 112 Å². The molecule has 1 aromatic rings. The van der Waals surface area contributed by atoms with E-state index in [-0.39, 0.29) is 36.0 Å². The van der Waals surface area contributed by atoms with Crippen LogP contribution in [0.2, 0.25) is 0 Å². The fourth-order valence-corrected chi connectivity index (χ4v) is 3.64. The zero-order valence-electron chi connectivity index (χ0n) is 17.0. The Kier molecular flexibility index (Phi) is 5.57. The van der Waals surface area contributed by atoms with E-state index in [4.69, 9.17) is 0 Å². The van der Waals surface area contributed by atoms with Crippen LogP contribution < -0.4 is 10.6 Å². The van der Waals surface area contributed by atoms with Gasteiger partial charge in [-0.05, 0) is 27.2 Å². The molecule has 0 radical (unpaired) electrons. The number of amides is 4. The van der Waals surface area contributed by atoms with Gasteiger partial charge in [0.1, 0.15) is 11.9 Å². The summed E-state index contributed by atoms with van der Waals surface area (Å²) in [5.74, 6) is 1.42. The van der Waals surface area contributed by atoms with E-state index in [1.807, 2.05) is 30.2 Å². The Hall–Kier alpha value is -2.65. The van der Waals surface area contributed by atoms with Crippen LogP contribution >= 0.6 is 0 Å². The molecular formula is C18H29N7O3. The minimum absolute atomic E-state index is 0.0298. The standard InChI is InChI=1S/C18H29N7O3/c1-12(26)23-7-9-24(10-8-23)16(27)13-5-6-14-21-22-15(25(13)14)11-19-17(28)20-18(2,3)4/h13H,5-11H2,1-4H3,(H2,19,20,28). The lowest BCUT2D eigenvalue weighted by atomic mass is 10.1. The van der Waals surface area contributed by atoms with E-state index < -0.39 is 0 Å². The zero-order chi connectivity index (χ0) is 20.5.